The third kappa shape index (κ3) is 4.19. The second-order valence-electron chi connectivity index (χ2n) is 6.46. The summed E-state index contributed by atoms with van der Waals surface area (Å²) < 4.78 is 0. The van der Waals surface area contributed by atoms with Crippen molar-refractivity contribution in [1.29, 1.82) is 0 Å². The molecule has 25 heavy (non-hydrogen) atoms. The Morgan fingerprint density at radius 3 is 2.84 bits per heavy atom. The first-order valence-electron chi connectivity index (χ1n) is 8.76. The Morgan fingerprint density at radius 1 is 1.36 bits per heavy atom. The summed E-state index contributed by atoms with van der Waals surface area (Å²) in [6.07, 6.45) is 2.58. The first-order valence-corrected chi connectivity index (χ1v) is 9.14. The number of halogens is 1. The van der Waals surface area contributed by atoms with E-state index in [0.29, 0.717) is 34.8 Å². The van der Waals surface area contributed by atoms with Gasteiger partial charge in [0, 0.05) is 17.5 Å². The minimum atomic E-state index is -0.206. The monoisotopic (exact) mass is 362 g/mol. The standard InChI is InChI=1S/C18H23ClN4O2/c1-2-9-23(18(25)12-5-7-20-8-6-12)11-16-21-15-10-13(19)3-4-14(15)17(24)22-16/h3-4,10,12,20H,2,5-9,11H2,1H3,(H,21,22,24). The number of piperidine rings is 1. The lowest BCUT2D eigenvalue weighted by molar-refractivity contribution is -0.137. The highest BCUT2D eigenvalue weighted by atomic mass is 35.5. The van der Waals surface area contributed by atoms with Crippen molar-refractivity contribution >= 4 is 28.4 Å². The Kier molecular flexibility index (Phi) is 5.71. The number of fused-ring (bicyclic) bond motifs is 1. The fourth-order valence-electron chi connectivity index (χ4n) is 3.28. The summed E-state index contributed by atoms with van der Waals surface area (Å²) in [6, 6.07) is 5.01. The van der Waals surface area contributed by atoms with Crippen LogP contribution in [0.25, 0.3) is 10.9 Å². The summed E-state index contributed by atoms with van der Waals surface area (Å²) in [5.74, 6) is 0.696. The van der Waals surface area contributed by atoms with Gasteiger partial charge in [0.05, 0.1) is 17.4 Å². The number of hydrogen-bond acceptors (Lipinski definition) is 4. The summed E-state index contributed by atoms with van der Waals surface area (Å²) in [5, 5.41) is 4.31. The molecule has 1 aliphatic rings. The van der Waals surface area contributed by atoms with Crippen molar-refractivity contribution in [1.82, 2.24) is 20.2 Å². The molecule has 2 aromatic rings. The van der Waals surface area contributed by atoms with Crippen molar-refractivity contribution in [2.24, 2.45) is 5.92 Å². The van der Waals surface area contributed by atoms with Gasteiger partial charge in [0.1, 0.15) is 5.82 Å². The second-order valence-corrected chi connectivity index (χ2v) is 6.89. The molecule has 6 nitrogen and oxygen atoms in total. The molecule has 0 saturated carbocycles. The number of carbonyl (C=O) groups is 1. The predicted octanol–water partition coefficient (Wildman–Crippen LogP) is 2.31. The van der Waals surface area contributed by atoms with Crippen molar-refractivity contribution in [2.75, 3.05) is 19.6 Å². The summed E-state index contributed by atoms with van der Waals surface area (Å²) in [4.78, 5) is 34.2. The Bertz CT molecular complexity index is 814. The molecule has 1 fully saturated rings. The largest absolute Gasteiger partial charge is 0.335 e. The van der Waals surface area contributed by atoms with Crippen molar-refractivity contribution in [3.63, 3.8) is 0 Å². The highest BCUT2D eigenvalue weighted by Crippen LogP contribution is 2.18. The molecule has 3 rings (SSSR count). The van der Waals surface area contributed by atoms with E-state index in [0.717, 1.165) is 32.4 Å². The zero-order chi connectivity index (χ0) is 17.8. The van der Waals surface area contributed by atoms with Crippen LogP contribution in [0.3, 0.4) is 0 Å². The minimum Gasteiger partial charge on any atom is -0.335 e. The van der Waals surface area contributed by atoms with Crippen molar-refractivity contribution in [3.8, 4) is 0 Å². The van der Waals surface area contributed by atoms with E-state index in [2.05, 4.69) is 15.3 Å². The number of rotatable bonds is 5. The van der Waals surface area contributed by atoms with E-state index >= 15 is 0 Å². The van der Waals surface area contributed by atoms with E-state index in [1.54, 1.807) is 18.2 Å². The molecule has 1 aromatic heterocycles. The molecule has 1 saturated heterocycles. The van der Waals surface area contributed by atoms with Crippen LogP contribution in [-0.2, 0) is 11.3 Å². The van der Waals surface area contributed by atoms with Crippen molar-refractivity contribution in [3.05, 3.63) is 39.4 Å². The number of nitrogens with zero attached hydrogens (tertiary/aromatic N) is 2. The summed E-state index contributed by atoms with van der Waals surface area (Å²) in [6.45, 7) is 4.76. The SMILES string of the molecule is CCCN(Cc1nc2cc(Cl)ccc2c(=O)[nH]1)C(=O)C1CCNCC1. The zero-order valence-electron chi connectivity index (χ0n) is 14.3. The van der Waals surface area contributed by atoms with Gasteiger partial charge in [-0.1, -0.05) is 18.5 Å². The van der Waals surface area contributed by atoms with Gasteiger partial charge in [0.25, 0.3) is 5.56 Å². The molecule has 1 aromatic carbocycles. The van der Waals surface area contributed by atoms with E-state index in [4.69, 9.17) is 11.6 Å². The van der Waals surface area contributed by atoms with Gasteiger partial charge in [-0.25, -0.2) is 4.98 Å². The third-order valence-electron chi connectivity index (χ3n) is 4.55. The number of amides is 1. The third-order valence-corrected chi connectivity index (χ3v) is 4.79. The maximum atomic E-state index is 12.9. The van der Waals surface area contributed by atoms with Gasteiger partial charge in [0.15, 0.2) is 0 Å². The highest BCUT2D eigenvalue weighted by Gasteiger charge is 2.26. The maximum Gasteiger partial charge on any atom is 0.258 e. The molecule has 2 heterocycles. The molecule has 1 amide bonds. The number of H-pyrrole nitrogens is 1. The van der Waals surface area contributed by atoms with Crippen LogP contribution in [-0.4, -0.2) is 40.4 Å². The first-order chi connectivity index (χ1) is 12.1. The second kappa shape index (κ2) is 7.97. The molecule has 2 N–H and O–H groups in total. The molecule has 0 bridgehead atoms. The van der Waals surface area contributed by atoms with Gasteiger partial charge >= 0.3 is 0 Å². The van der Waals surface area contributed by atoms with Gasteiger partial charge < -0.3 is 15.2 Å². The van der Waals surface area contributed by atoms with Gasteiger partial charge in [-0.2, -0.15) is 0 Å². The van der Waals surface area contributed by atoms with Gasteiger partial charge in [0.2, 0.25) is 5.91 Å². The Hall–Kier alpha value is -1.92. The lowest BCUT2D eigenvalue weighted by atomic mass is 9.96. The van der Waals surface area contributed by atoms with Crippen LogP contribution >= 0.6 is 11.6 Å². The number of aromatic nitrogens is 2. The lowest BCUT2D eigenvalue weighted by Gasteiger charge is -2.29. The van der Waals surface area contributed by atoms with Crippen LogP contribution in [0, 0.1) is 5.92 Å². The van der Waals surface area contributed by atoms with Crippen molar-refractivity contribution in [2.45, 2.75) is 32.7 Å². The smallest absolute Gasteiger partial charge is 0.258 e. The molecule has 7 heteroatoms. The molecular formula is C18H23ClN4O2. The Morgan fingerprint density at radius 2 is 2.12 bits per heavy atom. The average molecular weight is 363 g/mol. The van der Waals surface area contributed by atoms with E-state index < -0.39 is 0 Å². The molecule has 134 valence electrons. The molecule has 0 unspecified atom stereocenters. The first kappa shape index (κ1) is 17.9. The Labute approximate surface area is 151 Å². The van der Waals surface area contributed by atoms with Gasteiger partial charge in [-0.15, -0.1) is 0 Å². The fraction of sp³-hybridized carbons (Fsp3) is 0.500. The average Bonchev–Trinajstić information content (AvgIpc) is 2.61. The van der Waals surface area contributed by atoms with Crippen LogP contribution in [0.4, 0.5) is 0 Å². The number of nitrogens with one attached hydrogen (secondary N) is 2. The highest BCUT2D eigenvalue weighted by molar-refractivity contribution is 6.31. The number of carbonyl (C=O) groups excluding carboxylic acids is 1. The van der Waals surface area contributed by atoms with E-state index in [1.165, 1.54) is 0 Å². The van der Waals surface area contributed by atoms with E-state index in [9.17, 15) is 9.59 Å². The van der Waals surface area contributed by atoms with E-state index in [1.807, 2.05) is 11.8 Å². The fourth-order valence-corrected chi connectivity index (χ4v) is 3.45. The molecule has 0 radical (unpaired) electrons. The molecule has 0 spiro atoms. The van der Waals surface area contributed by atoms with Gasteiger partial charge in [-0.3, -0.25) is 9.59 Å². The number of benzene rings is 1. The molecule has 0 atom stereocenters. The minimum absolute atomic E-state index is 0.0504. The quantitative estimate of drug-likeness (QED) is 0.855. The zero-order valence-corrected chi connectivity index (χ0v) is 15.1. The summed E-state index contributed by atoms with van der Waals surface area (Å²) in [7, 11) is 0. The van der Waals surface area contributed by atoms with Crippen LogP contribution in [0.2, 0.25) is 5.02 Å². The van der Waals surface area contributed by atoms with Crippen LogP contribution in [0.1, 0.15) is 32.0 Å². The van der Waals surface area contributed by atoms with Gasteiger partial charge in [-0.05, 0) is 50.6 Å². The summed E-state index contributed by atoms with van der Waals surface area (Å²) in [5.41, 5.74) is 0.347. The maximum absolute atomic E-state index is 12.9. The van der Waals surface area contributed by atoms with Crippen molar-refractivity contribution < 1.29 is 4.79 Å². The Balaban J connectivity index is 1.85. The topological polar surface area (TPSA) is 78.1 Å². The normalized spacial score (nSPS) is 15.4. The van der Waals surface area contributed by atoms with Crippen LogP contribution in [0.15, 0.2) is 23.0 Å². The molecular weight excluding hydrogens is 340 g/mol. The number of aromatic amines is 1. The van der Waals surface area contributed by atoms with Crippen LogP contribution in [0.5, 0.6) is 0 Å². The summed E-state index contributed by atoms with van der Waals surface area (Å²) >= 11 is 6.01. The molecule has 1 aliphatic heterocycles. The van der Waals surface area contributed by atoms with Crippen LogP contribution < -0.4 is 10.9 Å². The predicted molar refractivity (Wildman–Crippen MR) is 98.7 cm³/mol. The van der Waals surface area contributed by atoms with E-state index in [-0.39, 0.29) is 17.4 Å². The lowest BCUT2D eigenvalue weighted by Crippen LogP contribution is -2.41. The molecule has 0 aliphatic carbocycles. The number of hydrogen-bond donors (Lipinski definition) is 2.